The van der Waals surface area contributed by atoms with E-state index in [1.165, 1.54) is 7.11 Å². The molecule has 3 aromatic carbocycles. The van der Waals surface area contributed by atoms with Crippen LogP contribution in [0.3, 0.4) is 0 Å². The molecule has 29 heavy (non-hydrogen) atoms. The molecule has 1 heterocycles. The monoisotopic (exact) mass is 384 g/mol. The van der Waals surface area contributed by atoms with Gasteiger partial charge in [0.1, 0.15) is 6.07 Å². The number of esters is 1. The number of ether oxygens (including phenoxy) is 3. The highest BCUT2D eigenvalue weighted by Crippen LogP contribution is 2.30. The minimum Gasteiger partial charge on any atom is -0.493 e. The second-order valence-corrected chi connectivity index (χ2v) is 6.26. The third-order valence-electron chi connectivity index (χ3n) is 4.40. The van der Waals surface area contributed by atoms with Gasteiger partial charge in [0.05, 0.1) is 7.11 Å². The molecule has 0 saturated carbocycles. The second-order valence-electron chi connectivity index (χ2n) is 6.26. The summed E-state index contributed by atoms with van der Waals surface area (Å²) < 4.78 is 16.0. The maximum absolute atomic E-state index is 12.3. The number of methoxy groups -OCH3 is 1. The van der Waals surface area contributed by atoms with E-state index in [0.29, 0.717) is 17.1 Å². The molecule has 3 aromatic rings. The first-order valence-electron chi connectivity index (χ1n) is 8.87. The van der Waals surface area contributed by atoms with Gasteiger partial charge in [-0.2, -0.15) is 5.26 Å². The van der Waals surface area contributed by atoms with Gasteiger partial charge in [0.2, 0.25) is 5.90 Å². The largest absolute Gasteiger partial charge is 0.493 e. The van der Waals surface area contributed by atoms with Gasteiger partial charge in [-0.3, -0.25) is 0 Å². The van der Waals surface area contributed by atoms with Crippen LogP contribution in [0.2, 0.25) is 0 Å². The van der Waals surface area contributed by atoms with Gasteiger partial charge < -0.3 is 14.2 Å². The molecule has 0 atom stereocenters. The van der Waals surface area contributed by atoms with Gasteiger partial charge in [-0.15, -0.1) is 0 Å². The molecule has 0 spiro atoms. The van der Waals surface area contributed by atoms with E-state index in [9.17, 15) is 4.79 Å². The van der Waals surface area contributed by atoms with E-state index in [-0.39, 0.29) is 18.2 Å². The summed E-state index contributed by atoms with van der Waals surface area (Å²) in [6, 6.07) is 20.8. The number of carbonyl (C=O) groups excluding carboxylic acids is 1. The number of carbonyl (C=O) groups is 1. The Kier molecular flexibility index (Phi) is 4.95. The summed E-state index contributed by atoms with van der Waals surface area (Å²) in [5.74, 6) is 0.662. The molecule has 1 aliphatic heterocycles. The minimum atomic E-state index is -0.517. The maximum atomic E-state index is 12.3. The predicted octanol–water partition coefficient (Wildman–Crippen LogP) is 4.10. The smallest absolute Gasteiger partial charge is 0.363 e. The number of benzene rings is 3. The van der Waals surface area contributed by atoms with E-state index in [2.05, 4.69) is 4.99 Å². The summed E-state index contributed by atoms with van der Waals surface area (Å²) in [7, 11) is 1.51. The summed E-state index contributed by atoms with van der Waals surface area (Å²) in [6.45, 7) is -0.0808. The zero-order valence-corrected chi connectivity index (χ0v) is 15.6. The number of nitrogens with zero attached hydrogens (tertiary/aromatic N) is 2. The summed E-state index contributed by atoms with van der Waals surface area (Å²) in [5.41, 5.74) is 1.63. The van der Waals surface area contributed by atoms with Crippen molar-refractivity contribution in [3.63, 3.8) is 0 Å². The topological polar surface area (TPSA) is 80.9 Å². The van der Waals surface area contributed by atoms with Gasteiger partial charge in [-0.05, 0) is 46.7 Å². The summed E-state index contributed by atoms with van der Waals surface area (Å²) >= 11 is 0. The quantitative estimate of drug-likeness (QED) is 0.489. The third-order valence-corrected chi connectivity index (χ3v) is 4.40. The standard InChI is InChI=1S/C23H16N2O4/c1-27-21-13-15(6-9-20(21)28-11-10-24)12-19-23(26)29-22(25-19)18-8-7-16-4-2-3-5-17(16)14-18/h2-9,12-14H,11H2,1H3/b19-12+. The van der Waals surface area contributed by atoms with Crippen LogP contribution in [0.5, 0.6) is 11.5 Å². The lowest BCUT2D eigenvalue weighted by Gasteiger charge is -2.08. The van der Waals surface area contributed by atoms with Crippen LogP contribution in [0.15, 0.2) is 71.4 Å². The van der Waals surface area contributed by atoms with Crippen LogP contribution in [-0.2, 0) is 9.53 Å². The van der Waals surface area contributed by atoms with Gasteiger partial charge >= 0.3 is 5.97 Å². The normalized spacial score (nSPS) is 14.4. The summed E-state index contributed by atoms with van der Waals surface area (Å²) in [5, 5.41) is 10.8. The van der Waals surface area contributed by atoms with Crippen LogP contribution in [0, 0.1) is 11.3 Å². The number of cyclic esters (lactones) is 1. The van der Waals surface area contributed by atoms with Gasteiger partial charge in [-0.25, -0.2) is 9.79 Å². The number of fused-ring (bicyclic) bond motifs is 1. The molecule has 0 aliphatic carbocycles. The zero-order valence-electron chi connectivity index (χ0n) is 15.6. The molecule has 6 nitrogen and oxygen atoms in total. The van der Waals surface area contributed by atoms with Crippen LogP contribution in [0.25, 0.3) is 16.8 Å². The van der Waals surface area contributed by atoms with Crippen LogP contribution in [-0.4, -0.2) is 25.6 Å². The first-order chi connectivity index (χ1) is 14.2. The van der Waals surface area contributed by atoms with Crippen LogP contribution < -0.4 is 9.47 Å². The fourth-order valence-corrected chi connectivity index (χ4v) is 3.02. The van der Waals surface area contributed by atoms with Gasteiger partial charge in [0.15, 0.2) is 23.8 Å². The Balaban J connectivity index is 1.64. The lowest BCUT2D eigenvalue weighted by molar-refractivity contribution is -0.129. The first-order valence-corrected chi connectivity index (χ1v) is 8.87. The molecule has 142 valence electrons. The zero-order chi connectivity index (χ0) is 20.2. The number of rotatable bonds is 5. The number of nitriles is 1. The molecule has 1 aliphatic rings. The van der Waals surface area contributed by atoms with E-state index >= 15 is 0 Å². The average Bonchev–Trinajstić information content (AvgIpc) is 3.12. The van der Waals surface area contributed by atoms with Gasteiger partial charge in [-0.1, -0.05) is 36.4 Å². The van der Waals surface area contributed by atoms with Crippen LogP contribution in [0.4, 0.5) is 0 Å². The van der Waals surface area contributed by atoms with E-state index in [1.54, 1.807) is 24.3 Å². The van der Waals surface area contributed by atoms with Crippen molar-refractivity contribution < 1.29 is 19.0 Å². The Morgan fingerprint density at radius 1 is 1.07 bits per heavy atom. The van der Waals surface area contributed by atoms with Gasteiger partial charge in [0, 0.05) is 5.56 Å². The molecule has 0 radical (unpaired) electrons. The average molecular weight is 384 g/mol. The Morgan fingerprint density at radius 3 is 2.69 bits per heavy atom. The van der Waals surface area contributed by atoms with Gasteiger partial charge in [0.25, 0.3) is 0 Å². The van der Waals surface area contributed by atoms with E-state index < -0.39 is 5.97 Å². The molecular weight excluding hydrogens is 368 g/mol. The van der Waals surface area contributed by atoms with Crippen molar-refractivity contribution in [3.05, 3.63) is 77.5 Å². The maximum Gasteiger partial charge on any atom is 0.363 e. The highest BCUT2D eigenvalue weighted by Gasteiger charge is 2.24. The van der Waals surface area contributed by atoms with Crippen LogP contribution >= 0.6 is 0 Å². The van der Waals surface area contributed by atoms with Crippen molar-refractivity contribution in [2.24, 2.45) is 4.99 Å². The molecule has 0 fully saturated rings. The van der Waals surface area contributed by atoms with E-state index in [0.717, 1.165) is 16.3 Å². The number of hydrogen-bond donors (Lipinski definition) is 0. The molecule has 6 heteroatoms. The molecular formula is C23H16N2O4. The number of hydrogen-bond acceptors (Lipinski definition) is 6. The Labute approximate surface area is 167 Å². The van der Waals surface area contributed by atoms with E-state index in [4.69, 9.17) is 19.5 Å². The first kappa shape index (κ1) is 18.3. The molecule has 0 saturated heterocycles. The van der Waals surface area contributed by atoms with Crippen molar-refractivity contribution in [1.29, 1.82) is 5.26 Å². The Morgan fingerprint density at radius 2 is 1.90 bits per heavy atom. The summed E-state index contributed by atoms with van der Waals surface area (Å²) in [4.78, 5) is 16.7. The number of aliphatic imine (C=N–C) groups is 1. The molecule has 0 bridgehead atoms. The predicted molar refractivity (Wildman–Crippen MR) is 109 cm³/mol. The summed E-state index contributed by atoms with van der Waals surface area (Å²) in [6.07, 6.45) is 1.62. The highest BCUT2D eigenvalue weighted by atomic mass is 16.6. The third kappa shape index (κ3) is 3.80. The van der Waals surface area contributed by atoms with Crippen molar-refractivity contribution in [2.75, 3.05) is 13.7 Å². The molecule has 0 N–H and O–H groups in total. The highest BCUT2D eigenvalue weighted by molar-refractivity contribution is 6.13. The Hall–Kier alpha value is -4.11. The van der Waals surface area contributed by atoms with Crippen molar-refractivity contribution in [3.8, 4) is 17.6 Å². The fraction of sp³-hybridized carbons (Fsp3) is 0.0870. The minimum absolute atomic E-state index is 0.0808. The van der Waals surface area contributed by atoms with Crippen molar-refractivity contribution >= 4 is 28.7 Å². The SMILES string of the molecule is COc1cc(/C=C2/N=C(c3ccc4ccccc4c3)OC2=O)ccc1OCC#N. The molecule has 4 rings (SSSR count). The lowest BCUT2D eigenvalue weighted by Crippen LogP contribution is -2.05. The fourth-order valence-electron chi connectivity index (χ4n) is 3.02. The molecule has 0 amide bonds. The lowest BCUT2D eigenvalue weighted by atomic mass is 10.1. The molecule has 0 unspecified atom stereocenters. The van der Waals surface area contributed by atoms with Crippen molar-refractivity contribution in [2.45, 2.75) is 0 Å². The van der Waals surface area contributed by atoms with Crippen molar-refractivity contribution in [1.82, 2.24) is 0 Å². The van der Waals surface area contributed by atoms with Crippen LogP contribution in [0.1, 0.15) is 11.1 Å². The van der Waals surface area contributed by atoms with E-state index in [1.807, 2.05) is 48.5 Å². The Bertz CT molecular complexity index is 1200. The molecule has 0 aromatic heterocycles. The second kappa shape index (κ2) is 7.87.